The van der Waals surface area contributed by atoms with Gasteiger partial charge in [0, 0.05) is 12.1 Å². The van der Waals surface area contributed by atoms with Gasteiger partial charge in [-0.2, -0.15) is 17.6 Å². The van der Waals surface area contributed by atoms with E-state index in [0.717, 1.165) is 25.2 Å². The third kappa shape index (κ3) is 7.98. The summed E-state index contributed by atoms with van der Waals surface area (Å²) in [5.74, 6) is -7.59. The molecular formula is C28H28F8O2. The second-order valence-electron chi connectivity index (χ2n) is 9.37. The van der Waals surface area contributed by atoms with Crippen LogP contribution in [0.4, 0.5) is 35.1 Å². The predicted molar refractivity (Wildman–Crippen MR) is 127 cm³/mol. The van der Waals surface area contributed by atoms with Gasteiger partial charge < -0.3 is 9.47 Å². The first-order valence-electron chi connectivity index (χ1n) is 12.4. The molecule has 2 aromatic rings. The van der Waals surface area contributed by atoms with Gasteiger partial charge in [-0.1, -0.05) is 57.6 Å². The van der Waals surface area contributed by atoms with Gasteiger partial charge in [0.1, 0.15) is 22.9 Å². The zero-order chi connectivity index (χ0) is 27.9. The summed E-state index contributed by atoms with van der Waals surface area (Å²) >= 11 is 0. The van der Waals surface area contributed by atoms with E-state index >= 15 is 0 Å². The summed E-state index contributed by atoms with van der Waals surface area (Å²) in [6.45, 7) is 2.18. The van der Waals surface area contributed by atoms with Crippen LogP contribution in [-0.2, 0) is 6.11 Å². The van der Waals surface area contributed by atoms with Gasteiger partial charge >= 0.3 is 12.2 Å². The highest BCUT2D eigenvalue weighted by Crippen LogP contribution is 2.38. The summed E-state index contributed by atoms with van der Waals surface area (Å²) in [6.07, 6.45) is 4.65. The zero-order valence-corrected chi connectivity index (χ0v) is 20.7. The Balaban J connectivity index is 1.65. The van der Waals surface area contributed by atoms with E-state index in [1.807, 2.05) is 0 Å². The number of rotatable bonds is 11. The quantitative estimate of drug-likeness (QED) is 0.206. The fourth-order valence-corrected chi connectivity index (χ4v) is 4.75. The maximum Gasteiger partial charge on any atom is 0.432 e. The van der Waals surface area contributed by atoms with Crippen molar-refractivity contribution in [3.8, 4) is 11.5 Å². The molecule has 3 rings (SSSR count). The van der Waals surface area contributed by atoms with Crippen molar-refractivity contribution in [2.24, 2.45) is 11.8 Å². The number of alkyl halides is 2. The Morgan fingerprint density at radius 1 is 0.868 bits per heavy atom. The van der Waals surface area contributed by atoms with Crippen molar-refractivity contribution in [1.29, 1.82) is 0 Å². The van der Waals surface area contributed by atoms with Crippen molar-refractivity contribution in [2.45, 2.75) is 64.4 Å². The van der Waals surface area contributed by atoms with E-state index in [2.05, 4.69) is 16.4 Å². The Bertz CT molecular complexity index is 1100. The minimum absolute atomic E-state index is 0.0259. The second kappa shape index (κ2) is 13.2. The van der Waals surface area contributed by atoms with Gasteiger partial charge in [-0.05, 0) is 42.4 Å². The second-order valence-corrected chi connectivity index (χ2v) is 9.37. The van der Waals surface area contributed by atoms with E-state index in [1.165, 1.54) is 31.8 Å². The SMILES string of the molecule is CCCC1CCC(CC/C=C/c2cc(F)c(C(F)(F)Oc3cc(F)c(OC=C(F)F)c(F)c3)c(F)c2)CC1. The van der Waals surface area contributed by atoms with Crippen molar-refractivity contribution in [2.75, 3.05) is 0 Å². The normalized spacial score (nSPS) is 18.0. The Morgan fingerprint density at radius 3 is 1.95 bits per heavy atom. The zero-order valence-electron chi connectivity index (χ0n) is 20.7. The molecule has 0 atom stereocenters. The molecule has 1 saturated carbocycles. The summed E-state index contributed by atoms with van der Waals surface area (Å²) in [5, 5.41) is 0. The van der Waals surface area contributed by atoms with E-state index in [-0.39, 0.29) is 24.0 Å². The highest BCUT2D eigenvalue weighted by Gasteiger charge is 2.41. The fraction of sp³-hybridized carbons (Fsp3) is 0.429. The lowest BCUT2D eigenvalue weighted by Gasteiger charge is -2.28. The fourth-order valence-electron chi connectivity index (χ4n) is 4.75. The Kier molecular flexibility index (Phi) is 10.2. The lowest BCUT2D eigenvalue weighted by molar-refractivity contribution is -0.189. The molecule has 0 amide bonds. The summed E-state index contributed by atoms with van der Waals surface area (Å²) in [5.41, 5.74) is -1.72. The van der Waals surface area contributed by atoms with Crippen LogP contribution in [0.25, 0.3) is 6.08 Å². The first-order chi connectivity index (χ1) is 18.0. The summed E-state index contributed by atoms with van der Waals surface area (Å²) < 4.78 is 119. The first kappa shape index (κ1) is 29.5. The molecular weight excluding hydrogens is 520 g/mol. The smallest absolute Gasteiger partial charge is 0.432 e. The van der Waals surface area contributed by atoms with Crippen LogP contribution >= 0.6 is 0 Å². The lowest BCUT2D eigenvalue weighted by Crippen LogP contribution is -2.25. The molecule has 0 heterocycles. The molecule has 0 aliphatic heterocycles. The molecule has 0 saturated heterocycles. The van der Waals surface area contributed by atoms with Crippen LogP contribution in [-0.4, -0.2) is 0 Å². The van der Waals surface area contributed by atoms with Crippen molar-refractivity contribution in [3.05, 3.63) is 77.1 Å². The predicted octanol–water partition coefficient (Wildman–Crippen LogP) is 9.89. The van der Waals surface area contributed by atoms with Crippen molar-refractivity contribution >= 4 is 6.08 Å². The molecule has 0 radical (unpaired) electrons. The van der Waals surface area contributed by atoms with Crippen molar-refractivity contribution < 1.29 is 44.6 Å². The van der Waals surface area contributed by atoms with E-state index in [9.17, 15) is 35.1 Å². The van der Waals surface area contributed by atoms with Crippen LogP contribution < -0.4 is 9.47 Å². The van der Waals surface area contributed by atoms with Gasteiger partial charge in [-0.25, -0.2) is 17.6 Å². The first-order valence-corrected chi connectivity index (χ1v) is 12.4. The van der Waals surface area contributed by atoms with Gasteiger partial charge in [0.05, 0.1) is 0 Å². The highest BCUT2D eigenvalue weighted by molar-refractivity contribution is 5.51. The molecule has 0 unspecified atom stereocenters. The van der Waals surface area contributed by atoms with Gasteiger partial charge in [-0.3, -0.25) is 0 Å². The van der Waals surface area contributed by atoms with Crippen molar-refractivity contribution in [3.63, 3.8) is 0 Å². The summed E-state index contributed by atoms with van der Waals surface area (Å²) in [6, 6.07) is 1.83. The molecule has 38 heavy (non-hydrogen) atoms. The number of benzene rings is 2. The molecule has 0 aromatic heterocycles. The summed E-state index contributed by atoms with van der Waals surface area (Å²) in [4.78, 5) is 0. The standard InChI is InChI=1S/C28H28F8O2/c1-2-5-17-8-10-18(11-9-17)6-3-4-7-19-12-21(29)26(22(30)13-19)28(35,36)38-20-14-23(31)27(24(32)15-20)37-16-25(33)34/h4,7,12-18H,2-3,5-6,8-11H2,1H3/b7-4+. The molecule has 208 valence electrons. The van der Waals surface area contributed by atoms with Crippen LogP contribution in [0.3, 0.4) is 0 Å². The van der Waals surface area contributed by atoms with Crippen LogP contribution in [0, 0.1) is 35.1 Å². The van der Waals surface area contributed by atoms with Crippen LogP contribution in [0.5, 0.6) is 11.5 Å². The third-order valence-electron chi connectivity index (χ3n) is 6.55. The van der Waals surface area contributed by atoms with E-state index in [1.54, 1.807) is 6.08 Å². The Labute approximate surface area is 215 Å². The molecule has 1 fully saturated rings. The van der Waals surface area contributed by atoms with Crippen LogP contribution in [0.1, 0.15) is 69.4 Å². The number of hydrogen-bond acceptors (Lipinski definition) is 2. The van der Waals surface area contributed by atoms with Crippen LogP contribution in [0.15, 0.2) is 42.7 Å². The van der Waals surface area contributed by atoms with Crippen molar-refractivity contribution in [1.82, 2.24) is 0 Å². The average Bonchev–Trinajstić information content (AvgIpc) is 2.81. The number of ether oxygens (including phenoxy) is 2. The Hall–Kier alpha value is -3.04. The van der Waals surface area contributed by atoms with Gasteiger partial charge in [-0.15, -0.1) is 0 Å². The summed E-state index contributed by atoms with van der Waals surface area (Å²) in [7, 11) is 0. The van der Waals surface area contributed by atoms with Gasteiger partial charge in [0.2, 0.25) is 0 Å². The molecule has 2 nitrogen and oxygen atoms in total. The van der Waals surface area contributed by atoms with Gasteiger partial charge in [0.15, 0.2) is 23.6 Å². The van der Waals surface area contributed by atoms with E-state index in [0.29, 0.717) is 24.5 Å². The minimum Gasteiger partial charge on any atom is -0.453 e. The number of allylic oxidation sites excluding steroid dienone is 1. The largest absolute Gasteiger partial charge is 0.453 e. The molecule has 0 N–H and O–H groups in total. The maximum atomic E-state index is 14.6. The molecule has 0 bridgehead atoms. The van der Waals surface area contributed by atoms with E-state index in [4.69, 9.17) is 0 Å². The lowest BCUT2D eigenvalue weighted by atomic mass is 9.78. The topological polar surface area (TPSA) is 18.5 Å². The van der Waals surface area contributed by atoms with E-state index < -0.39 is 52.5 Å². The Morgan fingerprint density at radius 2 is 1.42 bits per heavy atom. The molecule has 1 aliphatic carbocycles. The average molecular weight is 549 g/mol. The number of hydrogen-bond donors (Lipinski definition) is 0. The molecule has 0 spiro atoms. The third-order valence-corrected chi connectivity index (χ3v) is 6.55. The number of halogens is 8. The molecule has 2 aromatic carbocycles. The van der Waals surface area contributed by atoms with Crippen LogP contribution in [0.2, 0.25) is 0 Å². The molecule has 1 aliphatic rings. The monoisotopic (exact) mass is 548 g/mol. The van der Waals surface area contributed by atoms with Gasteiger partial charge in [0.25, 0.3) is 0 Å². The highest BCUT2D eigenvalue weighted by atomic mass is 19.3. The molecule has 10 heteroatoms. The minimum atomic E-state index is -4.65. The maximum absolute atomic E-state index is 14.6.